The molecule has 2 heteroatoms. The van der Waals surface area contributed by atoms with Gasteiger partial charge in [0.1, 0.15) is 0 Å². The van der Waals surface area contributed by atoms with Crippen molar-refractivity contribution in [1.29, 1.82) is 0 Å². The molecule has 1 saturated heterocycles. The van der Waals surface area contributed by atoms with Gasteiger partial charge in [0.15, 0.2) is 0 Å². The minimum Gasteiger partial charge on any atom is -0.396 e. The quantitative estimate of drug-likeness (QED) is 0.780. The molecule has 0 saturated carbocycles. The van der Waals surface area contributed by atoms with Gasteiger partial charge in [0.25, 0.3) is 0 Å². The van der Waals surface area contributed by atoms with Gasteiger partial charge < -0.3 is 5.11 Å². The molecule has 1 fully saturated rings. The fourth-order valence-electron chi connectivity index (χ4n) is 2.90. The first-order chi connectivity index (χ1) is 7.48. The summed E-state index contributed by atoms with van der Waals surface area (Å²) in [6, 6.07) is 0. The number of aliphatic hydroxyl groups is 1. The molecule has 0 amide bonds. The van der Waals surface area contributed by atoms with Crippen LogP contribution in [0.2, 0.25) is 0 Å². The summed E-state index contributed by atoms with van der Waals surface area (Å²) in [5.74, 6) is 1.45. The number of aliphatic hydroxyl groups excluding tert-OH is 1. The number of piperidine rings is 1. The third-order valence-electron chi connectivity index (χ3n) is 4.25. The predicted octanol–water partition coefficient (Wildman–Crippen LogP) is 2.91. The highest BCUT2D eigenvalue weighted by atomic mass is 16.3. The highest BCUT2D eigenvalue weighted by Crippen LogP contribution is 2.35. The summed E-state index contributed by atoms with van der Waals surface area (Å²) < 4.78 is 0. The van der Waals surface area contributed by atoms with E-state index in [-0.39, 0.29) is 5.54 Å². The second-order valence-electron chi connectivity index (χ2n) is 6.17. The van der Waals surface area contributed by atoms with Crippen LogP contribution in [0.1, 0.15) is 53.4 Å². The minimum atomic E-state index is 0.274. The Bertz CT molecular complexity index is 199. The smallest absolute Gasteiger partial charge is 0.0434 e. The van der Waals surface area contributed by atoms with Crippen molar-refractivity contribution < 1.29 is 5.11 Å². The van der Waals surface area contributed by atoms with Crippen LogP contribution in [0.15, 0.2) is 0 Å². The fraction of sp³-hybridized carbons (Fsp3) is 1.00. The van der Waals surface area contributed by atoms with Gasteiger partial charge in [-0.15, -0.1) is 0 Å². The Morgan fingerprint density at radius 1 is 1.38 bits per heavy atom. The van der Waals surface area contributed by atoms with Gasteiger partial charge in [-0.2, -0.15) is 0 Å². The van der Waals surface area contributed by atoms with Gasteiger partial charge in [-0.05, 0) is 64.5 Å². The Kier molecular flexibility index (Phi) is 5.26. The average molecular weight is 227 g/mol. The van der Waals surface area contributed by atoms with Crippen molar-refractivity contribution in [2.24, 2.45) is 11.8 Å². The molecule has 1 aliphatic heterocycles. The summed E-state index contributed by atoms with van der Waals surface area (Å²) in [5.41, 5.74) is 0.274. The molecule has 0 aromatic heterocycles. The summed E-state index contributed by atoms with van der Waals surface area (Å²) in [5, 5.41) is 9.14. The maximum absolute atomic E-state index is 9.14. The van der Waals surface area contributed by atoms with Gasteiger partial charge >= 0.3 is 0 Å². The molecule has 96 valence electrons. The summed E-state index contributed by atoms with van der Waals surface area (Å²) >= 11 is 0. The first-order valence-electron chi connectivity index (χ1n) is 6.84. The molecule has 1 heterocycles. The van der Waals surface area contributed by atoms with Gasteiger partial charge in [-0.25, -0.2) is 0 Å². The Labute approximate surface area is 101 Å². The van der Waals surface area contributed by atoms with E-state index in [0.29, 0.717) is 12.5 Å². The maximum atomic E-state index is 9.14. The predicted molar refractivity (Wildman–Crippen MR) is 69.5 cm³/mol. The van der Waals surface area contributed by atoms with E-state index >= 15 is 0 Å². The van der Waals surface area contributed by atoms with Crippen LogP contribution in [0.4, 0.5) is 0 Å². The molecule has 0 radical (unpaired) electrons. The average Bonchev–Trinajstić information content (AvgIpc) is 2.19. The summed E-state index contributed by atoms with van der Waals surface area (Å²) in [6.45, 7) is 12.1. The van der Waals surface area contributed by atoms with Gasteiger partial charge in [-0.3, -0.25) is 4.90 Å². The number of likely N-dealkylation sites (tertiary alicyclic amines) is 1. The molecular formula is C14H29NO. The SMILES string of the molecule is CC(C)CCN1CCCC(CCO)C1(C)C. The highest BCUT2D eigenvalue weighted by Gasteiger charge is 2.37. The van der Waals surface area contributed by atoms with E-state index in [4.69, 9.17) is 5.11 Å². The van der Waals surface area contributed by atoms with Crippen molar-refractivity contribution in [2.45, 2.75) is 58.9 Å². The van der Waals surface area contributed by atoms with Gasteiger partial charge in [0.2, 0.25) is 0 Å². The molecule has 0 spiro atoms. The second kappa shape index (κ2) is 6.02. The maximum Gasteiger partial charge on any atom is 0.0434 e. The van der Waals surface area contributed by atoms with Crippen LogP contribution in [-0.2, 0) is 0 Å². The topological polar surface area (TPSA) is 23.5 Å². The van der Waals surface area contributed by atoms with Crippen molar-refractivity contribution in [2.75, 3.05) is 19.7 Å². The fourth-order valence-corrected chi connectivity index (χ4v) is 2.90. The number of hydrogen-bond acceptors (Lipinski definition) is 2. The summed E-state index contributed by atoms with van der Waals surface area (Å²) in [7, 11) is 0. The lowest BCUT2D eigenvalue weighted by Gasteiger charge is -2.48. The molecule has 0 aromatic rings. The molecule has 0 aliphatic carbocycles. The van der Waals surface area contributed by atoms with Crippen LogP contribution in [0, 0.1) is 11.8 Å². The highest BCUT2D eigenvalue weighted by molar-refractivity contribution is 4.92. The van der Waals surface area contributed by atoms with Gasteiger partial charge in [-0.1, -0.05) is 13.8 Å². The minimum absolute atomic E-state index is 0.274. The molecule has 0 aromatic carbocycles. The van der Waals surface area contributed by atoms with E-state index in [2.05, 4.69) is 32.6 Å². The normalized spacial score (nSPS) is 26.2. The van der Waals surface area contributed by atoms with Crippen LogP contribution in [-0.4, -0.2) is 35.2 Å². The van der Waals surface area contributed by atoms with Gasteiger partial charge in [0.05, 0.1) is 0 Å². The lowest BCUT2D eigenvalue weighted by Crippen LogP contribution is -2.53. The number of rotatable bonds is 5. The zero-order chi connectivity index (χ0) is 12.2. The first kappa shape index (κ1) is 14.0. The zero-order valence-electron chi connectivity index (χ0n) is 11.5. The zero-order valence-corrected chi connectivity index (χ0v) is 11.5. The van der Waals surface area contributed by atoms with Crippen LogP contribution >= 0.6 is 0 Å². The van der Waals surface area contributed by atoms with E-state index in [1.165, 1.54) is 32.4 Å². The molecule has 0 bridgehead atoms. The molecule has 1 N–H and O–H groups in total. The third kappa shape index (κ3) is 3.46. The molecule has 2 nitrogen and oxygen atoms in total. The third-order valence-corrected chi connectivity index (χ3v) is 4.25. The molecular weight excluding hydrogens is 198 g/mol. The molecule has 16 heavy (non-hydrogen) atoms. The van der Waals surface area contributed by atoms with Crippen molar-refractivity contribution in [3.8, 4) is 0 Å². The standard InChI is InChI=1S/C14H29NO/c1-12(2)7-10-15-9-5-6-13(8-11-16)14(15,3)4/h12-13,16H,5-11H2,1-4H3. The van der Waals surface area contributed by atoms with Crippen LogP contribution in [0.3, 0.4) is 0 Å². The Morgan fingerprint density at radius 2 is 2.06 bits per heavy atom. The largest absolute Gasteiger partial charge is 0.396 e. The van der Waals surface area contributed by atoms with Crippen LogP contribution in [0.5, 0.6) is 0 Å². The first-order valence-corrected chi connectivity index (χ1v) is 6.84. The second-order valence-corrected chi connectivity index (χ2v) is 6.17. The van der Waals surface area contributed by atoms with E-state index < -0.39 is 0 Å². The Morgan fingerprint density at radius 3 is 2.62 bits per heavy atom. The van der Waals surface area contributed by atoms with Crippen LogP contribution in [0.25, 0.3) is 0 Å². The Balaban J connectivity index is 2.55. The van der Waals surface area contributed by atoms with Crippen molar-refractivity contribution in [1.82, 2.24) is 4.90 Å². The van der Waals surface area contributed by atoms with E-state index in [1.807, 2.05) is 0 Å². The number of nitrogens with zero attached hydrogens (tertiary/aromatic N) is 1. The van der Waals surface area contributed by atoms with Crippen molar-refractivity contribution >= 4 is 0 Å². The molecule has 1 rings (SSSR count). The molecule has 1 atom stereocenters. The lowest BCUT2D eigenvalue weighted by molar-refractivity contribution is 0.00811. The van der Waals surface area contributed by atoms with Crippen molar-refractivity contribution in [3.05, 3.63) is 0 Å². The molecule has 1 aliphatic rings. The van der Waals surface area contributed by atoms with Crippen molar-refractivity contribution in [3.63, 3.8) is 0 Å². The summed E-state index contributed by atoms with van der Waals surface area (Å²) in [6.07, 6.45) is 4.83. The van der Waals surface area contributed by atoms with E-state index in [9.17, 15) is 0 Å². The Hall–Kier alpha value is -0.0800. The number of hydrogen-bond donors (Lipinski definition) is 1. The van der Waals surface area contributed by atoms with Crippen LogP contribution < -0.4 is 0 Å². The molecule has 1 unspecified atom stereocenters. The van der Waals surface area contributed by atoms with E-state index in [0.717, 1.165) is 12.3 Å². The van der Waals surface area contributed by atoms with E-state index in [1.54, 1.807) is 0 Å². The lowest BCUT2D eigenvalue weighted by atomic mass is 9.77. The van der Waals surface area contributed by atoms with Gasteiger partial charge in [0, 0.05) is 12.1 Å². The monoisotopic (exact) mass is 227 g/mol. The summed E-state index contributed by atoms with van der Waals surface area (Å²) in [4.78, 5) is 2.64.